The van der Waals surface area contributed by atoms with Crippen molar-refractivity contribution in [1.82, 2.24) is 4.90 Å². The molecule has 2 aromatic carbocycles. The normalized spacial score (nSPS) is 24.1. The summed E-state index contributed by atoms with van der Waals surface area (Å²) < 4.78 is 65.4. The van der Waals surface area contributed by atoms with Crippen molar-refractivity contribution in [2.75, 3.05) is 42.6 Å². The van der Waals surface area contributed by atoms with Crippen molar-refractivity contribution in [3.8, 4) is 0 Å². The van der Waals surface area contributed by atoms with Crippen LogP contribution >= 0.6 is 0 Å². The molecule has 0 saturated carbocycles. The lowest BCUT2D eigenvalue weighted by molar-refractivity contribution is 0.201. The number of nitrogens with zero attached hydrogens (tertiary/aromatic N) is 2. The van der Waals surface area contributed by atoms with Gasteiger partial charge in [0.05, 0.1) is 21.7 Å². The summed E-state index contributed by atoms with van der Waals surface area (Å²) in [4.78, 5) is 4.26. The van der Waals surface area contributed by atoms with Gasteiger partial charge in [-0.25, -0.2) is 21.2 Å². The standard InChI is InChI=1S/C23H29FN2O4S2/c1-16-5-4-6-21(18(16)3)25-9-11-26(12-10-25)22-14-31(27,28)15-23(22)32(29,30)19-7-8-20(24)17(2)13-19/h4-8,13,22-23H,9-12,14-15H2,1-3H3/t22-,23-/m0/s1. The summed E-state index contributed by atoms with van der Waals surface area (Å²) in [6.45, 7) is 8.24. The van der Waals surface area contributed by atoms with Crippen LogP contribution in [0.15, 0.2) is 41.3 Å². The number of hydrogen-bond acceptors (Lipinski definition) is 6. The Bertz CT molecular complexity index is 1240. The monoisotopic (exact) mass is 480 g/mol. The van der Waals surface area contributed by atoms with E-state index in [0.29, 0.717) is 26.2 Å². The Morgan fingerprint density at radius 1 is 0.938 bits per heavy atom. The largest absolute Gasteiger partial charge is 0.369 e. The molecule has 2 aliphatic rings. The highest BCUT2D eigenvalue weighted by atomic mass is 32.2. The first-order chi connectivity index (χ1) is 15.0. The highest BCUT2D eigenvalue weighted by Crippen LogP contribution is 2.31. The van der Waals surface area contributed by atoms with Gasteiger partial charge in [0.2, 0.25) is 0 Å². The molecular formula is C23H29FN2O4S2. The minimum Gasteiger partial charge on any atom is -0.369 e. The zero-order valence-electron chi connectivity index (χ0n) is 18.6. The number of piperazine rings is 1. The summed E-state index contributed by atoms with van der Waals surface area (Å²) in [5.74, 6) is -1.05. The van der Waals surface area contributed by atoms with E-state index in [2.05, 4.69) is 30.9 Å². The molecule has 2 saturated heterocycles. The maximum Gasteiger partial charge on any atom is 0.183 e. The van der Waals surface area contributed by atoms with Crippen molar-refractivity contribution >= 4 is 25.4 Å². The lowest BCUT2D eigenvalue weighted by Crippen LogP contribution is -2.55. The summed E-state index contributed by atoms with van der Waals surface area (Å²) in [6.07, 6.45) is 0. The molecule has 0 aliphatic carbocycles. The van der Waals surface area contributed by atoms with Gasteiger partial charge in [0.15, 0.2) is 19.7 Å². The fraction of sp³-hybridized carbons (Fsp3) is 0.478. The molecule has 0 unspecified atom stereocenters. The van der Waals surface area contributed by atoms with Crippen LogP contribution in [0, 0.1) is 26.6 Å². The summed E-state index contributed by atoms with van der Waals surface area (Å²) in [5, 5.41) is -1.05. The van der Waals surface area contributed by atoms with Crippen molar-refractivity contribution in [3.63, 3.8) is 0 Å². The predicted molar refractivity (Wildman–Crippen MR) is 124 cm³/mol. The molecule has 0 spiro atoms. The first-order valence-corrected chi connectivity index (χ1v) is 14.1. The van der Waals surface area contributed by atoms with E-state index in [1.54, 1.807) is 0 Å². The first kappa shape index (κ1) is 23.2. The van der Waals surface area contributed by atoms with Gasteiger partial charge in [-0.2, -0.15) is 0 Å². The highest BCUT2D eigenvalue weighted by molar-refractivity contribution is 7.96. The Morgan fingerprint density at radius 3 is 2.28 bits per heavy atom. The van der Waals surface area contributed by atoms with Crippen LogP contribution in [-0.4, -0.2) is 70.7 Å². The van der Waals surface area contributed by atoms with Crippen LogP contribution in [0.1, 0.15) is 16.7 Å². The molecule has 2 atom stereocenters. The van der Waals surface area contributed by atoms with Crippen molar-refractivity contribution in [3.05, 3.63) is 58.9 Å². The third-order valence-electron chi connectivity index (χ3n) is 6.83. The molecule has 32 heavy (non-hydrogen) atoms. The molecule has 6 nitrogen and oxygen atoms in total. The van der Waals surface area contributed by atoms with E-state index in [0.717, 1.165) is 11.8 Å². The lowest BCUT2D eigenvalue weighted by atomic mass is 10.1. The fourth-order valence-electron chi connectivity index (χ4n) is 4.78. The summed E-state index contributed by atoms with van der Waals surface area (Å²) in [7, 11) is -7.42. The molecule has 0 aromatic heterocycles. The number of hydrogen-bond donors (Lipinski definition) is 0. The first-order valence-electron chi connectivity index (χ1n) is 10.8. The van der Waals surface area contributed by atoms with E-state index in [1.807, 2.05) is 11.0 Å². The van der Waals surface area contributed by atoms with Crippen molar-refractivity contribution in [2.45, 2.75) is 37.0 Å². The number of halogens is 1. The SMILES string of the molecule is Cc1cc(S(=O)(=O)[C@H]2CS(=O)(=O)C[C@@H]2N2CCN(c3cccc(C)c3C)CC2)ccc1F. The van der Waals surface area contributed by atoms with E-state index >= 15 is 0 Å². The number of anilines is 1. The smallest absolute Gasteiger partial charge is 0.183 e. The van der Waals surface area contributed by atoms with Gasteiger partial charge in [0, 0.05) is 37.9 Å². The van der Waals surface area contributed by atoms with Crippen molar-refractivity contribution < 1.29 is 21.2 Å². The average molecular weight is 481 g/mol. The lowest BCUT2D eigenvalue weighted by Gasteiger charge is -2.40. The van der Waals surface area contributed by atoms with Gasteiger partial charge < -0.3 is 4.90 Å². The Morgan fingerprint density at radius 2 is 1.62 bits per heavy atom. The highest BCUT2D eigenvalue weighted by Gasteiger charge is 2.48. The number of aryl methyl sites for hydroxylation is 2. The second-order valence-electron chi connectivity index (χ2n) is 8.88. The van der Waals surface area contributed by atoms with Gasteiger partial charge in [0.1, 0.15) is 5.82 Å². The summed E-state index contributed by atoms with van der Waals surface area (Å²) >= 11 is 0. The van der Waals surface area contributed by atoms with Gasteiger partial charge in [-0.1, -0.05) is 12.1 Å². The van der Waals surface area contributed by atoms with Crippen molar-refractivity contribution in [2.24, 2.45) is 0 Å². The quantitative estimate of drug-likeness (QED) is 0.626. The van der Waals surface area contributed by atoms with Crippen molar-refractivity contribution in [1.29, 1.82) is 0 Å². The molecule has 0 radical (unpaired) electrons. The van der Waals surface area contributed by atoms with Crippen LogP contribution in [0.25, 0.3) is 0 Å². The third kappa shape index (κ3) is 4.30. The molecule has 0 bridgehead atoms. The Labute approximate surface area is 189 Å². The van der Waals surface area contributed by atoms with Crippen LogP contribution in [-0.2, 0) is 19.7 Å². The predicted octanol–water partition coefficient (Wildman–Crippen LogP) is 2.51. The van der Waals surface area contributed by atoms with Gasteiger partial charge in [-0.05, 0) is 61.7 Å². The molecule has 0 N–H and O–H groups in total. The molecule has 2 heterocycles. The molecule has 174 valence electrons. The van der Waals surface area contributed by atoms with Gasteiger partial charge in [-0.3, -0.25) is 4.90 Å². The van der Waals surface area contributed by atoms with Gasteiger partial charge in [0.25, 0.3) is 0 Å². The van der Waals surface area contributed by atoms with Gasteiger partial charge >= 0.3 is 0 Å². The Kier molecular flexibility index (Phi) is 6.11. The summed E-state index contributed by atoms with van der Waals surface area (Å²) in [6, 6.07) is 9.25. The zero-order valence-corrected chi connectivity index (χ0v) is 20.2. The molecule has 4 rings (SSSR count). The van der Waals surface area contributed by atoms with Crippen LogP contribution in [0.5, 0.6) is 0 Å². The maximum absolute atomic E-state index is 13.7. The van der Waals surface area contributed by atoms with E-state index < -0.39 is 42.5 Å². The van der Waals surface area contributed by atoms with Crippen LogP contribution in [0.4, 0.5) is 10.1 Å². The average Bonchev–Trinajstić information content (AvgIpc) is 3.08. The number of benzene rings is 2. The molecule has 2 fully saturated rings. The van der Waals surface area contributed by atoms with Crippen LogP contribution < -0.4 is 4.90 Å². The van der Waals surface area contributed by atoms with E-state index in [9.17, 15) is 21.2 Å². The number of sulfone groups is 2. The second-order valence-corrected chi connectivity index (χ2v) is 13.2. The number of rotatable bonds is 4. The zero-order chi connectivity index (χ0) is 23.3. The van der Waals surface area contributed by atoms with Gasteiger partial charge in [-0.15, -0.1) is 0 Å². The topological polar surface area (TPSA) is 74.8 Å². The van der Waals surface area contributed by atoms with E-state index in [4.69, 9.17) is 0 Å². The van der Waals surface area contributed by atoms with E-state index in [1.165, 1.54) is 30.2 Å². The molecule has 2 aromatic rings. The molecule has 2 aliphatic heterocycles. The van der Waals surface area contributed by atoms with Crippen LogP contribution in [0.3, 0.4) is 0 Å². The molecule has 9 heteroatoms. The minimum absolute atomic E-state index is 0.0162. The Balaban J connectivity index is 1.57. The molecular weight excluding hydrogens is 451 g/mol. The van der Waals surface area contributed by atoms with Crippen LogP contribution in [0.2, 0.25) is 0 Å². The molecule has 0 amide bonds. The summed E-state index contributed by atoms with van der Waals surface area (Å²) in [5.41, 5.74) is 3.82. The fourth-order valence-corrected chi connectivity index (χ4v) is 9.69. The second kappa shape index (κ2) is 8.43. The van der Waals surface area contributed by atoms with E-state index in [-0.39, 0.29) is 16.2 Å². The third-order valence-corrected chi connectivity index (χ3v) is 10.9. The minimum atomic E-state index is -3.93. The Hall–Kier alpha value is -1.97. The maximum atomic E-state index is 13.7.